The maximum Gasteiger partial charge on any atom is 0.256 e. The molecule has 1 aliphatic heterocycles. The summed E-state index contributed by atoms with van der Waals surface area (Å²) in [7, 11) is 0. The molecule has 1 heterocycles. The lowest BCUT2D eigenvalue weighted by Gasteiger charge is -2.34. The SMILES string of the molecule is C=C1C(Cl)=CC(c2ccccc2)=C(c2c(F)cc(Cl)cc2F)N1CC(F)F. The van der Waals surface area contributed by atoms with Crippen LogP contribution in [0.2, 0.25) is 5.02 Å². The molecule has 3 rings (SSSR count). The second-order valence-electron chi connectivity index (χ2n) is 5.81. The van der Waals surface area contributed by atoms with E-state index >= 15 is 0 Å². The van der Waals surface area contributed by atoms with Crippen LogP contribution in [0.5, 0.6) is 0 Å². The number of hydrogen-bond donors (Lipinski definition) is 0. The van der Waals surface area contributed by atoms with Crippen LogP contribution in [0.25, 0.3) is 11.3 Å². The molecule has 27 heavy (non-hydrogen) atoms. The Bertz CT molecular complexity index is 929. The highest BCUT2D eigenvalue weighted by molar-refractivity contribution is 6.33. The summed E-state index contributed by atoms with van der Waals surface area (Å²) in [6.45, 7) is 2.87. The molecule has 0 aliphatic carbocycles. The topological polar surface area (TPSA) is 3.24 Å². The van der Waals surface area contributed by atoms with Gasteiger partial charge in [0.25, 0.3) is 6.43 Å². The highest BCUT2D eigenvalue weighted by Crippen LogP contribution is 2.42. The van der Waals surface area contributed by atoms with Crippen molar-refractivity contribution in [2.24, 2.45) is 0 Å². The fraction of sp³-hybridized carbons (Fsp3) is 0.100. The molecule has 0 bridgehead atoms. The molecule has 0 unspecified atom stereocenters. The van der Waals surface area contributed by atoms with Crippen LogP contribution >= 0.6 is 23.2 Å². The highest BCUT2D eigenvalue weighted by atomic mass is 35.5. The number of halogens is 6. The van der Waals surface area contributed by atoms with Gasteiger partial charge in [-0.2, -0.15) is 0 Å². The lowest BCUT2D eigenvalue weighted by Crippen LogP contribution is -2.30. The number of rotatable bonds is 4. The Balaban J connectivity index is 2.36. The first-order valence-corrected chi connectivity index (χ1v) is 8.62. The summed E-state index contributed by atoms with van der Waals surface area (Å²) in [6.07, 6.45) is -1.32. The number of benzene rings is 2. The molecule has 0 atom stereocenters. The van der Waals surface area contributed by atoms with Crippen molar-refractivity contribution >= 4 is 34.5 Å². The molecule has 1 aliphatic rings. The van der Waals surface area contributed by atoms with Crippen LogP contribution in [0.4, 0.5) is 17.6 Å². The second-order valence-corrected chi connectivity index (χ2v) is 6.66. The van der Waals surface area contributed by atoms with E-state index in [9.17, 15) is 17.6 Å². The molecular formula is C20H13Cl2F4N. The molecule has 0 saturated heterocycles. The predicted molar refractivity (Wildman–Crippen MR) is 100 cm³/mol. The summed E-state index contributed by atoms with van der Waals surface area (Å²) in [5.41, 5.74) is 0.336. The van der Waals surface area contributed by atoms with E-state index in [-0.39, 0.29) is 21.4 Å². The summed E-state index contributed by atoms with van der Waals surface area (Å²) in [5.74, 6) is -1.94. The lowest BCUT2D eigenvalue weighted by molar-refractivity contribution is 0.123. The van der Waals surface area contributed by atoms with Crippen molar-refractivity contribution in [3.8, 4) is 0 Å². The van der Waals surface area contributed by atoms with Crippen LogP contribution in [0.3, 0.4) is 0 Å². The number of alkyl halides is 2. The van der Waals surface area contributed by atoms with E-state index in [0.29, 0.717) is 11.1 Å². The van der Waals surface area contributed by atoms with Crippen LogP contribution < -0.4 is 0 Å². The molecule has 1 nitrogen and oxygen atoms in total. The largest absolute Gasteiger partial charge is 0.334 e. The molecule has 2 aromatic carbocycles. The van der Waals surface area contributed by atoms with E-state index in [2.05, 4.69) is 6.58 Å². The normalized spacial score (nSPS) is 14.9. The molecule has 0 amide bonds. The van der Waals surface area contributed by atoms with Crippen LogP contribution in [0.1, 0.15) is 11.1 Å². The molecule has 140 valence electrons. The van der Waals surface area contributed by atoms with Gasteiger partial charge in [0, 0.05) is 10.6 Å². The standard InChI is InChI=1S/C20H13Cl2F4N/c1-11-15(22)9-14(12-5-3-2-4-6-12)20(27(11)10-18(25)26)19-16(23)7-13(21)8-17(19)24/h2-9,18H,1,10H2. The summed E-state index contributed by atoms with van der Waals surface area (Å²) in [6, 6.07) is 10.4. The fourth-order valence-electron chi connectivity index (χ4n) is 2.90. The van der Waals surface area contributed by atoms with Crippen molar-refractivity contribution in [2.75, 3.05) is 6.54 Å². The van der Waals surface area contributed by atoms with Crippen molar-refractivity contribution in [1.29, 1.82) is 0 Å². The van der Waals surface area contributed by atoms with Gasteiger partial charge in [-0.1, -0.05) is 60.1 Å². The zero-order chi connectivity index (χ0) is 19.7. The summed E-state index contributed by atoms with van der Waals surface area (Å²) < 4.78 is 55.8. The first-order chi connectivity index (χ1) is 12.8. The van der Waals surface area contributed by atoms with E-state index in [1.54, 1.807) is 30.3 Å². The van der Waals surface area contributed by atoms with E-state index in [0.717, 1.165) is 17.0 Å². The van der Waals surface area contributed by atoms with Gasteiger partial charge >= 0.3 is 0 Å². The number of hydrogen-bond acceptors (Lipinski definition) is 1. The van der Waals surface area contributed by atoms with Gasteiger partial charge in [0.1, 0.15) is 11.6 Å². The fourth-order valence-corrected chi connectivity index (χ4v) is 3.31. The summed E-state index contributed by atoms with van der Waals surface area (Å²) in [4.78, 5) is 1.03. The van der Waals surface area contributed by atoms with Gasteiger partial charge in [-0.25, -0.2) is 17.6 Å². The van der Waals surface area contributed by atoms with Crippen LogP contribution in [0.15, 0.2) is 65.8 Å². The average Bonchev–Trinajstić information content (AvgIpc) is 2.60. The molecule has 0 saturated carbocycles. The van der Waals surface area contributed by atoms with Gasteiger partial charge in [-0.15, -0.1) is 0 Å². The zero-order valence-electron chi connectivity index (χ0n) is 13.8. The second kappa shape index (κ2) is 7.79. The summed E-state index contributed by atoms with van der Waals surface area (Å²) >= 11 is 11.9. The van der Waals surface area contributed by atoms with Gasteiger partial charge in [0.2, 0.25) is 0 Å². The molecule has 0 spiro atoms. The Hall–Kier alpha value is -2.24. The van der Waals surface area contributed by atoms with Crippen LogP contribution in [-0.4, -0.2) is 17.9 Å². The third kappa shape index (κ3) is 3.89. The molecule has 0 radical (unpaired) electrons. The van der Waals surface area contributed by atoms with Gasteiger partial charge in [0.05, 0.1) is 28.5 Å². The van der Waals surface area contributed by atoms with Crippen LogP contribution in [-0.2, 0) is 0 Å². The molecule has 2 aromatic rings. The Morgan fingerprint density at radius 2 is 1.59 bits per heavy atom. The minimum absolute atomic E-state index is 0.0281. The molecular weight excluding hydrogens is 401 g/mol. The molecule has 0 fully saturated rings. The van der Waals surface area contributed by atoms with E-state index in [1.165, 1.54) is 6.08 Å². The van der Waals surface area contributed by atoms with Gasteiger partial charge < -0.3 is 4.90 Å². The minimum atomic E-state index is -2.78. The highest BCUT2D eigenvalue weighted by Gasteiger charge is 2.31. The van der Waals surface area contributed by atoms with Crippen molar-refractivity contribution in [3.63, 3.8) is 0 Å². The maximum absolute atomic E-state index is 14.7. The third-order valence-electron chi connectivity index (χ3n) is 4.05. The first kappa shape index (κ1) is 19.5. The number of nitrogens with zero attached hydrogens (tertiary/aromatic N) is 1. The minimum Gasteiger partial charge on any atom is -0.334 e. The monoisotopic (exact) mass is 413 g/mol. The van der Waals surface area contributed by atoms with Gasteiger partial charge in [-0.3, -0.25) is 0 Å². The Labute approximate surface area is 163 Å². The average molecular weight is 414 g/mol. The predicted octanol–water partition coefficient (Wildman–Crippen LogP) is 6.70. The van der Waals surface area contributed by atoms with Gasteiger partial charge in [-0.05, 0) is 23.8 Å². The summed E-state index contributed by atoms with van der Waals surface area (Å²) in [5, 5.41) is -0.0349. The molecule has 0 N–H and O–H groups in total. The first-order valence-electron chi connectivity index (χ1n) is 7.86. The third-order valence-corrected chi connectivity index (χ3v) is 4.59. The van der Waals surface area contributed by atoms with Crippen LogP contribution in [0, 0.1) is 11.6 Å². The molecule has 7 heteroatoms. The maximum atomic E-state index is 14.7. The van der Waals surface area contributed by atoms with Crippen molar-refractivity contribution in [2.45, 2.75) is 6.43 Å². The Kier molecular flexibility index (Phi) is 5.63. The quantitative estimate of drug-likeness (QED) is 0.503. The van der Waals surface area contributed by atoms with E-state index < -0.39 is 30.2 Å². The Morgan fingerprint density at radius 1 is 1.00 bits per heavy atom. The smallest absolute Gasteiger partial charge is 0.256 e. The van der Waals surface area contributed by atoms with Gasteiger partial charge in [0.15, 0.2) is 0 Å². The van der Waals surface area contributed by atoms with E-state index in [1.807, 2.05) is 0 Å². The lowest BCUT2D eigenvalue weighted by atomic mass is 9.94. The van der Waals surface area contributed by atoms with Crippen molar-refractivity contribution in [1.82, 2.24) is 4.90 Å². The van der Waals surface area contributed by atoms with Crippen molar-refractivity contribution < 1.29 is 17.6 Å². The molecule has 0 aromatic heterocycles. The Morgan fingerprint density at radius 3 is 2.15 bits per heavy atom. The van der Waals surface area contributed by atoms with Crippen molar-refractivity contribution in [3.05, 3.63) is 93.6 Å². The van der Waals surface area contributed by atoms with E-state index in [4.69, 9.17) is 23.2 Å². The number of allylic oxidation sites excluding steroid dienone is 3. The zero-order valence-corrected chi connectivity index (χ0v) is 15.3.